The van der Waals surface area contributed by atoms with Crippen molar-refractivity contribution in [2.45, 2.75) is 42.5 Å². The maximum Gasteiger partial charge on any atom is 0.261 e. The van der Waals surface area contributed by atoms with E-state index in [0.29, 0.717) is 17.6 Å². The summed E-state index contributed by atoms with van der Waals surface area (Å²) in [4.78, 5) is 8.44. The lowest BCUT2D eigenvalue weighted by atomic mass is 9.85. The number of aromatic nitrogens is 2. The Kier molecular flexibility index (Phi) is 6.36. The number of nitrogens with one attached hydrogen (secondary N) is 4. The Morgan fingerprint density at radius 3 is 2.53 bits per heavy atom. The molecule has 1 aliphatic carbocycles. The number of H-pyrrole nitrogens is 1. The van der Waals surface area contributed by atoms with Crippen LogP contribution in [0.3, 0.4) is 0 Å². The van der Waals surface area contributed by atoms with Crippen LogP contribution in [0.5, 0.6) is 0 Å². The van der Waals surface area contributed by atoms with Gasteiger partial charge in [-0.1, -0.05) is 18.2 Å². The zero-order chi connectivity index (χ0) is 21.0. The number of likely N-dealkylation sites (N-methyl/N-ethyl adjacent to an activating group) is 1. The second-order valence-electron chi connectivity index (χ2n) is 7.88. The van der Waals surface area contributed by atoms with E-state index >= 15 is 0 Å². The van der Waals surface area contributed by atoms with E-state index in [9.17, 15) is 8.42 Å². The number of anilines is 1. The highest BCUT2D eigenvalue weighted by atomic mass is 32.2. The molecule has 3 aromatic rings. The summed E-state index contributed by atoms with van der Waals surface area (Å²) in [6.45, 7) is 1.98. The summed E-state index contributed by atoms with van der Waals surface area (Å²) in [6, 6.07) is 14.4. The molecule has 1 fully saturated rings. The smallest absolute Gasteiger partial charge is 0.261 e. The third kappa shape index (κ3) is 4.83. The van der Waals surface area contributed by atoms with Gasteiger partial charge in [-0.3, -0.25) is 4.72 Å². The Hall–Kier alpha value is -2.42. The van der Waals surface area contributed by atoms with Gasteiger partial charge >= 0.3 is 0 Å². The molecule has 8 heteroatoms. The van der Waals surface area contributed by atoms with Gasteiger partial charge in [0, 0.05) is 25.0 Å². The number of hydrogen-bond acceptors (Lipinski definition) is 5. The summed E-state index contributed by atoms with van der Waals surface area (Å²) in [5, 5.41) is 6.77. The van der Waals surface area contributed by atoms with Crippen LogP contribution in [0.15, 0.2) is 53.4 Å². The molecule has 0 aliphatic heterocycles. The largest absolute Gasteiger partial charge is 0.342 e. The first-order valence-corrected chi connectivity index (χ1v) is 12.0. The van der Waals surface area contributed by atoms with Crippen molar-refractivity contribution in [1.29, 1.82) is 0 Å². The second-order valence-corrected chi connectivity index (χ2v) is 9.56. The molecular formula is C22H29N5O2S. The Morgan fingerprint density at radius 2 is 1.80 bits per heavy atom. The van der Waals surface area contributed by atoms with E-state index in [1.807, 2.05) is 19.2 Å². The number of sulfonamides is 1. The topological polar surface area (TPSA) is 98.9 Å². The van der Waals surface area contributed by atoms with Crippen LogP contribution < -0.4 is 15.4 Å². The molecule has 7 nitrogen and oxygen atoms in total. The molecule has 0 bridgehead atoms. The van der Waals surface area contributed by atoms with E-state index in [1.165, 1.54) is 0 Å². The fourth-order valence-electron chi connectivity index (χ4n) is 4.07. The molecule has 1 aliphatic rings. The predicted octanol–water partition coefficient (Wildman–Crippen LogP) is 3.20. The zero-order valence-electron chi connectivity index (χ0n) is 17.2. The van der Waals surface area contributed by atoms with Gasteiger partial charge in [0.05, 0.1) is 21.6 Å². The first-order chi connectivity index (χ1) is 14.5. The summed E-state index contributed by atoms with van der Waals surface area (Å²) in [5.41, 5.74) is 2.24. The molecule has 30 heavy (non-hydrogen) atoms. The fourth-order valence-corrected chi connectivity index (χ4v) is 5.14. The van der Waals surface area contributed by atoms with Gasteiger partial charge in [-0.2, -0.15) is 0 Å². The third-order valence-corrected chi connectivity index (χ3v) is 7.13. The van der Waals surface area contributed by atoms with Gasteiger partial charge in [0.15, 0.2) is 0 Å². The van der Waals surface area contributed by atoms with Gasteiger partial charge in [0.1, 0.15) is 5.82 Å². The first-order valence-electron chi connectivity index (χ1n) is 10.5. The van der Waals surface area contributed by atoms with Crippen LogP contribution in [-0.2, 0) is 10.0 Å². The van der Waals surface area contributed by atoms with Crippen LogP contribution in [0.4, 0.5) is 5.69 Å². The molecule has 160 valence electrons. The van der Waals surface area contributed by atoms with Crippen LogP contribution in [0.25, 0.3) is 11.0 Å². The molecule has 0 spiro atoms. The van der Waals surface area contributed by atoms with Crippen molar-refractivity contribution in [3.63, 3.8) is 0 Å². The van der Waals surface area contributed by atoms with Crippen LogP contribution in [0, 0.1) is 0 Å². The van der Waals surface area contributed by atoms with Crippen LogP contribution >= 0.6 is 0 Å². The molecule has 0 atom stereocenters. The summed E-state index contributed by atoms with van der Waals surface area (Å²) in [6.07, 6.45) is 4.50. The van der Waals surface area contributed by atoms with E-state index in [-0.39, 0.29) is 4.90 Å². The lowest BCUT2D eigenvalue weighted by Crippen LogP contribution is -2.36. The Labute approximate surface area is 177 Å². The molecule has 1 saturated carbocycles. The van der Waals surface area contributed by atoms with Crippen LogP contribution in [0.1, 0.15) is 37.4 Å². The van der Waals surface area contributed by atoms with Crippen molar-refractivity contribution in [2.75, 3.05) is 24.9 Å². The monoisotopic (exact) mass is 427 g/mol. The van der Waals surface area contributed by atoms with Gasteiger partial charge in [-0.25, -0.2) is 13.4 Å². The van der Waals surface area contributed by atoms with Crippen molar-refractivity contribution in [3.8, 4) is 0 Å². The molecular weight excluding hydrogens is 398 g/mol. The zero-order valence-corrected chi connectivity index (χ0v) is 18.0. The van der Waals surface area contributed by atoms with Crippen molar-refractivity contribution in [3.05, 3.63) is 54.4 Å². The molecule has 1 aromatic heterocycles. The Balaban J connectivity index is 1.43. The Bertz CT molecular complexity index is 1070. The standard InChI is InChI=1S/C22H29N5O2S/c1-23-13-14-24-17-9-7-16(8-10-17)22-25-20-12-11-18(15-21(20)26-22)27-30(28,29)19-5-3-2-4-6-19/h2-6,11-12,15-17,23-24,27H,7-10,13-14H2,1H3,(H,25,26). The van der Waals surface area contributed by atoms with E-state index in [2.05, 4.69) is 20.3 Å². The average Bonchev–Trinajstić information content (AvgIpc) is 3.18. The van der Waals surface area contributed by atoms with Gasteiger partial charge in [0.2, 0.25) is 0 Å². The molecule has 0 unspecified atom stereocenters. The lowest BCUT2D eigenvalue weighted by molar-refractivity contribution is 0.338. The number of nitrogens with zero attached hydrogens (tertiary/aromatic N) is 1. The highest BCUT2D eigenvalue weighted by Crippen LogP contribution is 2.33. The maximum absolute atomic E-state index is 12.6. The van der Waals surface area contributed by atoms with E-state index in [0.717, 1.165) is 55.6 Å². The van der Waals surface area contributed by atoms with Gasteiger partial charge in [0.25, 0.3) is 10.0 Å². The second kappa shape index (κ2) is 9.16. The normalized spacial score (nSPS) is 19.8. The average molecular weight is 428 g/mol. The van der Waals surface area contributed by atoms with E-state index in [1.54, 1.807) is 36.4 Å². The minimum atomic E-state index is -3.61. The summed E-state index contributed by atoms with van der Waals surface area (Å²) < 4.78 is 27.8. The van der Waals surface area contributed by atoms with E-state index < -0.39 is 10.0 Å². The van der Waals surface area contributed by atoms with Crippen molar-refractivity contribution in [1.82, 2.24) is 20.6 Å². The van der Waals surface area contributed by atoms with Gasteiger partial charge in [-0.05, 0) is 63.1 Å². The number of hydrogen-bond donors (Lipinski definition) is 4. The summed E-state index contributed by atoms with van der Waals surface area (Å²) in [7, 11) is -1.64. The highest BCUT2D eigenvalue weighted by molar-refractivity contribution is 7.92. The number of fused-ring (bicyclic) bond motifs is 1. The molecule has 0 saturated heterocycles. The molecule has 1 heterocycles. The van der Waals surface area contributed by atoms with Crippen molar-refractivity contribution in [2.24, 2.45) is 0 Å². The van der Waals surface area contributed by atoms with Gasteiger partial charge < -0.3 is 15.6 Å². The molecule has 4 N–H and O–H groups in total. The number of benzene rings is 2. The Morgan fingerprint density at radius 1 is 1.03 bits per heavy atom. The quantitative estimate of drug-likeness (QED) is 0.414. The van der Waals surface area contributed by atoms with Crippen LogP contribution in [0.2, 0.25) is 0 Å². The number of imidazole rings is 1. The van der Waals surface area contributed by atoms with Crippen LogP contribution in [-0.4, -0.2) is 44.6 Å². The molecule has 4 rings (SSSR count). The fraction of sp³-hybridized carbons (Fsp3) is 0.409. The third-order valence-electron chi connectivity index (χ3n) is 5.73. The predicted molar refractivity (Wildman–Crippen MR) is 120 cm³/mol. The minimum Gasteiger partial charge on any atom is -0.342 e. The van der Waals surface area contributed by atoms with Gasteiger partial charge in [-0.15, -0.1) is 0 Å². The highest BCUT2D eigenvalue weighted by Gasteiger charge is 2.24. The number of aromatic amines is 1. The molecule has 2 aromatic carbocycles. The minimum absolute atomic E-state index is 0.246. The molecule has 0 radical (unpaired) electrons. The summed E-state index contributed by atoms with van der Waals surface area (Å²) in [5.74, 6) is 1.42. The lowest BCUT2D eigenvalue weighted by Gasteiger charge is -2.28. The number of rotatable bonds is 8. The summed E-state index contributed by atoms with van der Waals surface area (Å²) >= 11 is 0. The first kappa shape index (κ1) is 20.8. The van der Waals surface area contributed by atoms with Crippen molar-refractivity contribution >= 4 is 26.7 Å². The maximum atomic E-state index is 12.6. The molecule has 0 amide bonds. The SMILES string of the molecule is CNCCNC1CCC(c2nc3ccc(NS(=O)(=O)c4ccccc4)cc3[nH]2)CC1. The van der Waals surface area contributed by atoms with Crippen molar-refractivity contribution < 1.29 is 8.42 Å². The van der Waals surface area contributed by atoms with E-state index in [4.69, 9.17) is 4.98 Å².